The lowest BCUT2D eigenvalue weighted by molar-refractivity contribution is -0.146. The van der Waals surface area contributed by atoms with Crippen LogP contribution in [0.4, 0.5) is 0 Å². The summed E-state index contributed by atoms with van der Waals surface area (Å²) in [7, 11) is 0. The van der Waals surface area contributed by atoms with Crippen LogP contribution in [0.15, 0.2) is 0 Å². The van der Waals surface area contributed by atoms with Crippen molar-refractivity contribution in [1.82, 2.24) is 5.32 Å². The molecule has 3 N–H and O–H groups in total. The number of carboxylic acids is 1. The van der Waals surface area contributed by atoms with Gasteiger partial charge < -0.3 is 10.2 Å². The van der Waals surface area contributed by atoms with Crippen molar-refractivity contribution in [3.05, 3.63) is 0 Å². The van der Waals surface area contributed by atoms with Crippen molar-refractivity contribution in [2.45, 2.75) is 65.0 Å². The Hall–Kier alpha value is -0.610. The summed E-state index contributed by atoms with van der Waals surface area (Å²) < 4.78 is 0. The molecular weight excluding hydrogens is 218 g/mol. The zero-order valence-corrected chi connectivity index (χ0v) is 11.5. The number of nitrogens with one attached hydrogen (secondary N) is 1. The predicted octanol–water partition coefficient (Wildman–Crippen LogP) is 2.02. The standard InChI is InChI=1S/C13H27NO3/c1-5-10(4)8-13(7-3,12(16)17)14-11(6-2)9-15/h10-11,14-15H,5-9H2,1-4H3,(H,16,17). The quantitative estimate of drug-likeness (QED) is 0.581. The second kappa shape index (κ2) is 7.67. The van der Waals surface area contributed by atoms with E-state index >= 15 is 0 Å². The van der Waals surface area contributed by atoms with Gasteiger partial charge in [-0.05, 0) is 25.2 Å². The van der Waals surface area contributed by atoms with Crippen LogP contribution in [0, 0.1) is 5.92 Å². The fraction of sp³-hybridized carbons (Fsp3) is 0.923. The van der Waals surface area contributed by atoms with Gasteiger partial charge in [-0.1, -0.05) is 34.1 Å². The van der Waals surface area contributed by atoms with Gasteiger partial charge in [0.1, 0.15) is 5.54 Å². The van der Waals surface area contributed by atoms with Crippen molar-refractivity contribution in [3.63, 3.8) is 0 Å². The first-order valence-corrected chi connectivity index (χ1v) is 6.57. The Morgan fingerprint density at radius 1 is 1.29 bits per heavy atom. The van der Waals surface area contributed by atoms with E-state index in [0.717, 1.165) is 12.8 Å². The fourth-order valence-electron chi connectivity index (χ4n) is 2.01. The number of hydrogen-bond acceptors (Lipinski definition) is 3. The molecule has 4 heteroatoms. The first-order chi connectivity index (χ1) is 7.95. The molecule has 3 atom stereocenters. The van der Waals surface area contributed by atoms with Crippen LogP contribution in [0.1, 0.15) is 53.4 Å². The van der Waals surface area contributed by atoms with Crippen molar-refractivity contribution in [3.8, 4) is 0 Å². The molecule has 0 spiro atoms. The minimum Gasteiger partial charge on any atom is -0.480 e. The second-order valence-electron chi connectivity index (χ2n) is 4.89. The van der Waals surface area contributed by atoms with E-state index in [1.807, 2.05) is 13.8 Å². The lowest BCUT2D eigenvalue weighted by Gasteiger charge is -2.35. The highest BCUT2D eigenvalue weighted by molar-refractivity contribution is 5.78. The van der Waals surface area contributed by atoms with Gasteiger partial charge in [0.25, 0.3) is 0 Å². The molecule has 3 unspecified atom stereocenters. The van der Waals surface area contributed by atoms with Crippen LogP contribution in [-0.4, -0.2) is 34.4 Å². The monoisotopic (exact) mass is 245 g/mol. The Kier molecular flexibility index (Phi) is 7.39. The summed E-state index contributed by atoms with van der Waals surface area (Å²) in [6, 6.07) is -0.143. The molecule has 0 aliphatic heterocycles. The molecule has 0 aromatic heterocycles. The molecule has 0 aliphatic carbocycles. The van der Waals surface area contributed by atoms with Crippen molar-refractivity contribution in [2.75, 3.05) is 6.61 Å². The molecule has 0 bridgehead atoms. The molecule has 0 aromatic rings. The zero-order chi connectivity index (χ0) is 13.5. The largest absolute Gasteiger partial charge is 0.480 e. The van der Waals surface area contributed by atoms with Gasteiger partial charge in [0.15, 0.2) is 0 Å². The number of carbonyl (C=O) groups is 1. The number of hydrogen-bond donors (Lipinski definition) is 3. The smallest absolute Gasteiger partial charge is 0.323 e. The number of aliphatic hydroxyl groups excluding tert-OH is 1. The maximum atomic E-state index is 11.5. The van der Waals surface area contributed by atoms with Crippen LogP contribution in [-0.2, 0) is 4.79 Å². The van der Waals surface area contributed by atoms with Crippen LogP contribution in [0.2, 0.25) is 0 Å². The van der Waals surface area contributed by atoms with Gasteiger partial charge in [0.05, 0.1) is 6.61 Å². The van der Waals surface area contributed by atoms with E-state index in [1.54, 1.807) is 0 Å². The van der Waals surface area contributed by atoms with E-state index in [9.17, 15) is 15.0 Å². The summed E-state index contributed by atoms with van der Waals surface area (Å²) in [5, 5.41) is 21.8. The van der Waals surface area contributed by atoms with Gasteiger partial charge in [-0.2, -0.15) is 0 Å². The Balaban J connectivity index is 4.87. The van der Waals surface area contributed by atoms with E-state index in [2.05, 4.69) is 19.2 Å². The maximum absolute atomic E-state index is 11.5. The molecule has 0 fully saturated rings. The highest BCUT2D eigenvalue weighted by Gasteiger charge is 2.38. The van der Waals surface area contributed by atoms with E-state index in [1.165, 1.54) is 0 Å². The molecule has 17 heavy (non-hydrogen) atoms. The minimum atomic E-state index is -0.904. The van der Waals surface area contributed by atoms with Crippen LogP contribution in [0.5, 0.6) is 0 Å². The third-order valence-electron chi connectivity index (χ3n) is 3.60. The Labute approximate surface area is 104 Å². The van der Waals surface area contributed by atoms with E-state index < -0.39 is 11.5 Å². The van der Waals surface area contributed by atoms with E-state index in [-0.39, 0.29) is 12.6 Å². The average Bonchev–Trinajstić information content (AvgIpc) is 2.33. The number of aliphatic carboxylic acids is 1. The lowest BCUT2D eigenvalue weighted by atomic mass is 9.84. The van der Waals surface area contributed by atoms with Crippen molar-refractivity contribution >= 4 is 5.97 Å². The summed E-state index contributed by atoms with van der Waals surface area (Å²) in [5.41, 5.74) is -0.904. The molecule has 4 nitrogen and oxygen atoms in total. The molecule has 0 amide bonds. The van der Waals surface area contributed by atoms with Gasteiger partial charge in [-0.15, -0.1) is 0 Å². The SMILES string of the molecule is CCC(C)CC(CC)(NC(CC)CO)C(=O)O. The van der Waals surface area contributed by atoms with Gasteiger partial charge in [-0.25, -0.2) is 0 Å². The van der Waals surface area contributed by atoms with E-state index in [0.29, 0.717) is 18.8 Å². The van der Waals surface area contributed by atoms with Gasteiger partial charge in [0.2, 0.25) is 0 Å². The number of rotatable bonds is 9. The summed E-state index contributed by atoms with van der Waals surface area (Å²) in [6.45, 7) is 7.93. The zero-order valence-electron chi connectivity index (χ0n) is 11.5. The molecule has 0 saturated carbocycles. The van der Waals surface area contributed by atoms with Crippen LogP contribution in [0.3, 0.4) is 0 Å². The summed E-state index contributed by atoms with van der Waals surface area (Å²) in [4.78, 5) is 11.5. The van der Waals surface area contributed by atoms with Gasteiger partial charge in [0, 0.05) is 6.04 Å². The van der Waals surface area contributed by atoms with Crippen molar-refractivity contribution in [1.29, 1.82) is 0 Å². The predicted molar refractivity (Wildman–Crippen MR) is 69.0 cm³/mol. The molecule has 0 heterocycles. The Morgan fingerprint density at radius 2 is 1.88 bits per heavy atom. The van der Waals surface area contributed by atoms with Gasteiger partial charge in [-0.3, -0.25) is 10.1 Å². The van der Waals surface area contributed by atoms with Crippen molar-refractivity contribution in [2.24, 2.45) is 5.92 Å². The van der Waals surface area contributed by atoms with Gasteiger partial charge >= 0.3 is 5.97 Å². The second-order valence-corrected chi connectivity index (χ2v) is 4.89. The maximum Gasteiger partial charge on any atom is 0.323 e. The highest BCUT2D eigenvalue weighted by atomic mass is 16.4. The molecule has 0 aromatic carbocycles. The summed E-state index contributed by atoms with van der Waals surface area (Å²) in [5.74, 6) is -0.457. The number of aliphatic hydroxyl groups is 1. The van der Waals surface area contributed by atoms with E-state index in [4.69, 9.17) is 0 Å². The third-order valence-corrected chi connectivity index (χ3v) is 3.60. The fourth-order valence-corrected chi connectivity index (χ4v) is 2.01. The molecule has 102 valence electrons. The Bertz CT molecular complexity index is 229. The first kappa shape index (κ1) is 16.4. The molecule has 0 saturated heterocycles. The molecule has 0 rings (SSSR count). The van der Waals surface area contributed by atoms with Crippen LogP contribution in [0.25, 0.3) is 0 Å². The third kappa shape index (κ3) is 4.64. The van der Waals surface area contributed by atoms with Crippen molar-refractivity contribution < 1.29 is 15.0 Å². The Morgan fingerprint density at radius 3 is 2.18 bits per heavy atom. The summed E-state index contributed by atoms with van der Waals surface area (Å²) >= 11 is 0. The molecule has 0 aliphatic rings. The molecule has 0 radical (unpaired) electrons. The topological polar surface area (TPSA) is 69.6 Å². The summed E-state index contributed by atoms with van der Waals surface area (Å²) in [6.07, 6.45) is 2.83. The lowest BCUT2D eigenvalue weighted by Crippen LogP contribution is -2.57. The van der Waals surface area contributed by atoms with Crippen LogP contribution >= 0.6 is 0 Å². The first-order valence-electron chi connectivity index (χ1n) is 6.57. The number of carboxylic acid groups (broad SMARTS) is 1. The normalized spacial score (nSPS) is 18.4. The highest BCUT2D eigenvalue weighted by Crippen LogP contribution is 2.24. The van der Waals surface area contributed by atoms with Crippen LogP contribution < -0.4 is 5.32 Å². The minimum absolute atomic E-state index is 0.0218. The molecular formula is C13H27NO3. The average molecular weight is 245 g/mol.